The number of amides is 2. The number of pyridine rings is 1. The van der Waals surface area contributed by atoms with Gasteiger partial charge in [0.15, 0.2) is 11.6 Å². The summed E-state index contributed by atoms with van der Waals surface area (Å²) in [6, 6.07) is 16.6. The second-order valence-corrected chi connectivity index (χ2v) is 11.4. The zero-order chi connectivity index (χ0) is 28.1. The molecule has 0 aliphatic heterocycles. The van der Waals surface area contributed by atoms with Crippen LogP contribution in [-0.2, 0) is 17.8 Å². The number of halogens is 1. The molecular weight excluding hydrogens is 525 g/mol. The van der Waals surface area contributed by atoms with E-state index in [0.717, 1.165) is 45.5 Å². The van der Waals surface area contributed by atoms with Crippen molar-refractivity contribution in [1.29, 1.82) is 0 Å². The molecule has 0 unspecified atom stereocenters. The number of hydrogen-bond donors (Lipinski definition) is 1. The van der Waals surface area contributed by atoms with Gasteiger partial charge in [-0.2, -0.15) is 0 Å². The summed E-state index contributed by atoms with van der Waals surface area (Å²) in [5, 5.41) is 2.88. The Labute approximate surface area is 238 Å². The van der Waals surface area contributed by atoms with Gasteiger partial charge in [-0.25, -0.2) is 9.18 Å². The van der Waals surface area contributed by atoms with Crippen molar-refractivity contribution in [1.82, 2.24) is 15.2 Å². The van der Waals surface area contributed by atoms with Gasteiger partial charge in [-0.1, -0.05) is 37.3 Å². The summed E-state index contributed by atoms with van der Waals surface area (Å²) in [4.78, 5) is 31.9. The fourth-order valence-electron chi connectivity index (χ4n) is 4.72. The van der Waals surface area contributed by atoms with Gasteiger partial charge in [0.2, 0.25) is 0 Å². The van der Waals surface area contributed by atoms with Crippen LogP contribution in [0.5, 0.6) is 11.5 Å². The Kier molecular flexibility index (Phi) is 8.75. The number of Topliss-reactive ketones (excluding diaryl/α,β-unsaturated/α-hetero) is 1. The van der Waals surface area contributed by atoms with Gasteiger partial charge >= 0.3 is 6.03 Å². The number of nitrogens with zero attached hydrogens (tertiary/aromatic N) is 2. The molecule has 8 heteroatoms. The molecule has 40 heavy (non-hydrogen) atoms. The molecule has 0 bridgehead atoms. The SMILES string of the molecule is CCCN(Cc1ccc(-c2cc3nccc(Oc4ccc(CC(=O)CC5CC5)cc4F)c3s2)cc1)C(=O)NCC. The molecule has 2 heterocycles. The number of aromatic nitrogens is 1. The van der Waals surface area contributed by atoms with Crippen LogP contribution in [0.15, 0.2) is 60.8 Å². The van der Waals surface area contributed by atoms with Gasteiger partial charge in [-0.3, -0.25) is 9.78 Å². The minimum Gasteiger partial charge on any atom is -0.453 e. The Hall–Kier alpha value is -3.78. The number of thiophene rings is 1. The number of ketones is 1. The fraction of sp³-hybridized carbons (Fsp3) is 0.344. The highest BCUT2D eigenvalue weighted by Crippen LogP contribution is 2.40. The van der Waals surface area contributed by atoms with Crippen LogP contribution in [-0.4, -0.2) is 34.8 Å². The van der Waals surface area contributed by atoms with E-state index in [1.165, 1.54) is 17.4 Å². The number of fused-ring (bicyclic) bond motifs is 1. The topological polar surface area (TPSA) is 71.5 Å². The van der Waals surface area contributed by atoms with E-state index in [1.54, 1.807) is 24.4 Å². The summed E-state index contributed by atoms with van der Waals surface area (Å²) in [6.45, 7) is 5.82. The summed E-state index contributed by atoms with van der Waals surface area (Å²) in [5.74, 6) is 0.850. The summed E-state index contributed by atoms with van der Waals surface area (Å²) in [5.41, 5.74) is 3.53. The highest BCUT2D eigenvalue weighted by atomic mass is 32.1. The van der Waals surface area contributed by atoms with Crippen molar-refractivity contribution < 1.29 is 18.7 Å². The predicted octanol–water partition coefficient (Wildman–Crippen LogP) is 7.75. The second kappa shape index (κ2) is 12.6. The highest BCUT2D eigenvalue weighted by Gasteiger charge is 2.24. The van der Waals surface area contributed by atoms with Crippen molar-refractivity contribution in [3.05, 3.63) is 77.7 Å². The zero-order valence-corrected chi connectivity index (χ0v) is 23.7. The van der Waals surface area contributed by atoms with E-state index in [9.17, 15) is 14.0 Å². The van der Waals surface area contributed by atoms with E-state index in [1.807, 2.05) is 42.2 Å². The van der Waals surface area contributed by atoms with Crippen LogP contribution in [0.1, 0.15) is 50.7 Å². The van der Waals surface area contributed by atoms with Crippen molar-refractivity contribution in [3.63, 3.8) is 0 Å². The molecule has 1 aliphatic carbocycles. The number of carbonyl (C=O) groups is 2. The van der Waals surface area contributed by atoms with Crippen molar-refractivity contribution >= 4 is 33.4 Å². The average Bonchev–Trinajstić information content (AvgIpc) is 3.64. The maximum atomic E-state index is 14.9. The largest absolute Gasteiger partial charge is 0.453 e. The van der Waals surface area contributed by atoms with E-state index in [0.29, 0.717) is 43.3 Å². The molecule has 1 saturated carbocycles. The molecule has 0 spiro atoms. The Morgan fingerprint density at radius 2 is 1.82 bits per heavy atom. The first-order valence-electron chi connectivity index (χ1n) is 13.9. The zero-order valence-electron chi connectivity index (χ0n) is 22.9. The van der Waals surface area contributed by atoms with E-state index in [-0.39, 0.29) is 24.0 Å². The third kappa shape index (κ3) is 6.86. The molecule has 1 N–H and O–H groups in total. The summed E-state index contributed by atoms with van der Waals surface area (Å²) < 4.78 is 21.8. The number of benzene rings is 2. The lowest BCUT2D eigenvalue weighted by atomic mass is 10.0. The van der Waals surface area contributed by atoms with Crippen molar-refractivity contribution in [2.45, 2.75) is 52.5 Å². The lowest BCUT2D eigenvalue weighted by Crippen LogP contribution is -2.39. The smallest absolute Gasteiger partial charge is 0.317 e. The minimum absolute atomic E-state index is 0.0512. The van der Waals surface area contributed by atoms with Crippen molar-refractivity contribution in [2.75, 3.05) is 13.1 Å². The molecule has 4 aromatic rings. The fourth-order valence-corrected chi connectivity index (χ4v) is 5.79. The van der Waals surface area contributed by atoms with Gasteiger partial charge in [0.1, 0.15) is 11.5 Å². The van der Waals surface area contributed by atoms with Gasteiger partial charge < -0.3 is 15.0 Å². The first kappa shape index (κ1) is 27.8. The maximum Gasteiger partial charge on any atom is 0.317 e. The third-order valence-corrected chi connectivity index (χ3v) is 8.12. The monoisotopic (exact) mass is 559 g/mol. The summed E-state index contributed by atoms with van der Waals surface area (Å²) >= 11 is 1.54. The van der Waals surface area contributed by atoms with E-state index >= 15 is 0 Å². The van der Waals surface area contributed by atoms with Gasteiger partial charge in [0, 0.05) is 49.6 Å². The molecule has 2 aromatic carbocycles. The Morgan fingerprint density at radius 3 is 2.52 bits per heavy atom. The van der Waals surface area contributed by atoms with E-state index in [4.69, 9.17) is 4.74 Å². The van der Waals surface area contributed by atoms with Crippen LogP contribution in [0.3, 0.4) is 0 Å². The number of urea groups is 1. The normalized spacial score (nSPS) is 12.9. The number of ether oxygens (including phenoxy) is 1. The minimum atomic E-state index is -0.487. The average molecular weight is 560 g/mol. The Bertz CT molecular complexity index is 1500. The van der Waals surface area contributed by atoms with Crippen LogP contribution in [0, 0.1) is 11.7 Å². The molecule has 0 saturated heterocycles. The van der Waals surface area contributed by atoms with Gasteiger partial charge in [-0.05, 0) is 67.0 Å². The van der Waals surface area contributed by atoms with Crippen LogP contribution >= 0.6 is 11.3 Å². The molecular formula is C32H34FN3O3S. The second-order valence-electron chi connectivity index (χ2n) is 10.3. The Balaban J connectivity index is 1.30. The number of carbonyl (C=O) groups excluding carboxylic acids is 2. The van der Waals surface area contributed by atoms with Gasteiger partial charge in [0.25, 0.3) is 0 Å². The molecule has 1 aliphatic rings. The summed E-state index contributed by atoms with van der Waals surface area (Å²) in [6.07, 6.45) is 5.64. The Morgan fingerprint density at radius 1 is 1.05 bits per heavy atom. The lowest BCUT2D eigenvalue weighted by molar-refractivity contribution is -0.118. The molecule has 5 rings (SSSR count). The molecule has 208 valence electrons. The molecule has 6 nitrogen and oxygen atoms in total. The number of nitrogens with one attached hydrogen (secondary N) is 1. The molecule has 2 aromatic heterocycles. The maximum absolute atomic E-state index is 14.9. The van der Waals surface area contributed by atoms with Crippen LogP contribution < -0.4 is 10.1 Å². The summed E-state index contributed by atoms with van der Waals surface area (Å²) in [7, 11) is 0. The first-order chi connectivity index (χ1) is 19.4. The van der Waals surface area contributed by atoms with E-state index < -0.39 is 5.82 Å². The number of rotatable bonds is 12. The standard InChI is InChI=1S/C32H34FN3O3S/c1-3-15-36(32(38)34-4-2)20-22-7-10-24(11-8-22)30-19-27-31(40-30)29(13-14-35-27)39-28-12-9-23(18-26(28)33)17-25(37)16-21-5-6-21/h7-14,18-19,21H,3-6,15-17,20H2,1-2H3,(H,34,38). The number of hydrogen-bond acceptors (Lipinski definition) is 5. The molecule has 0 radical (unpaired) electrons. The molecule has 2 amide bonds. The van der Waals surface area contributed by atoms with Crippen LogP contribution in [0.2, 0.25) is 0 Å². The van der Waals surface area contributed by atoms with Crippen molar-refractivity contribution in [3.8, 4) is 21.9 Å². The van der Waals surface area contributed by atoms with Gasteiger partial charge in [-0.15, -0.1) is 11.3 Å². The third-order valence-electron chi connectivity index (χ3n) is 6.93. The molecule has 1 fully saturated rings. The quantitative estimate of drug-likeness (QED) is 0.193. The van der Waals surface area contributed by atoms with E-state index in [2.05, 4.69) is 17.2 Å². The van der Waals surface area contributed by atoms with Crippen molar-refractivity contribution in [2.24, 2.45) is 5.92 Å². The van der Waals surface area contributed by atoms with Crippen LogP contribution in [0.25, 0.3) is 20.7 Å². The molecule has 0 atom stereocenters. The first-order valence-corrected chi connectivity index (χ1v) is 14.7. The van der Waals surface area contributed by atoms with Crippen LogP contribution in [0.4, 0.5) is 9.18 Å². The lowest BCUT2D eigenvalue weighted by Gasteiger charge is -2.22. The predicted molar refractivity (Wildman–Crippen MR) is 157 cm³/mol. The van der Waals surface area contributed by atoms with Gasteiger partial charge in [0.05, 0.1) is 10.2 Å². The highest BCUT2D eigenvalue weighted by molar-refractivity contribution is 7.22.